The fourth-order valence-electron chi connectivity index (χ4n) is 2.84. The number of benzene rings is 1. The molecule has 9 heteroatoms. The standard InChI is InChI=1S/C17H19ClN4O3S/c1-11-9-12(18)3-4-14(11)20-16(23)15-5-7-19-17(21-15)22(2)13-6-8-26(24,25)10-13/h3-5,7,9,13H,6,8,10H2,1-2H3,(H,20,23). The summed E-state index contributed by atoms with van der Waals surface area (Å²) in [5.41, 5.74) is 1.69. The van der Waals surface area contributed by atoms with Gasteiger partial charge in [0.1, 0.15) is 5.69 Å². The van der Waals surface area contributed by atoms with Gasteiger partial charge in [0.25, 0.3) is 5.91 Å². The number of aryl methyl sites for hydroxylation is 1. The SMILES string of the molecule is Cc1cc(Cl)ccc1NC(=O)c1ccnc(N(C)C2CCS(=O)(=O)C2)n1. The van der Waals surface area contributed by atoms with Crippen LogP contribution in [-0.2, 0) is 9.84 Å². The van der Waals surface area contributed by atoms with Crippen molar-refractivity contribution in [1.82, 2.24) is 9.97 Å². The number of amides is 1. The Bertz CT molecular complexity index is 949. The Labute approximate surface area is 157 Å². The fourth-order valence-corrected chi connectivity index (χ4v) is 4.84. The number of halogens is 1. The van der Waals surface area contributed by atoms with Gasteiger partial charge in [-0.25, -0.2) is 18.4 Å². The van der Waals surface area contributed by atoms with Crippen molar-refractivity contribution in [2.24, 2.45) is 0 Å². The number of hydrogen-bond donors (Lipinski definition) is 1. The summed E-state index contributed by atoms with van der Waals surface area (Å²) in [7, 11) is -1.27. The molecule has 138 valence electrons. The Hall–Kier alpha value is -2.19. The van der Waals surface area contributed by atoms with Gasteiger partial charge in [0, 0.05) is 30.0 Å². The minimum absolute atomic E-state index is 0.0766. The predicted octanol–water partition coefficient (Wildman–Crippen LogP) is 2.31. The zero-order valence-corrected chi connectivity index (χ0v) is 16.0. The molecule has 1 amide bonds. The van der Waals surface area contributed by atoms with E-state index in [0.717, 1.165) is 5.56 Å². The molecule has 1 aliphatic rings. The first-order chi connectivity index (χ1) is 12.2. The molecule has 1 aromatic carbocycles. The van der Waals surface area contributed by atoms with Gasteiger partial charge in [-0.2, -0.15) is 0 Å². The molecule has 1 aromatic heterocycles. The zero-order chi connectivity index (χ0) is 18.9. The van der Waals surface area contributed by atoms with E-state index in [2.05, 4.69) is 15.3 Å². The highest BCUT2D eigenvalue weighted by Gasteiger charge is 2.31. The summed E-state index contributed by atoms with van der Waals surface area (Å²) < 4.78 is 23.3. The Morgan fingerprint density at radius 3 is 2.77 bits per heavy atom. The number of nitrogens with zero attached hydrogens (tertiary/aromatic N) is 3. The van der Waals surface area contributed by atoms with Gasteiger partial charge < -0.3 is 10.2 Å². The maximum absolute atomic E-state index is 12.5. The van der Waals surface area contributed by atoms with E-state index in [4.69, 9.17) is 11.6 Å². The molecule has 3 rings (SSSR count). The lowest BCUT2D eigenvalue weighted by Crippen LogP contribution is -2.34. The molecule has 26 heavy (non-hydrogen) atoms. The maximum Gasteiger partial charge on any atom is 0.274 e. The van der Waals surface area contributed by atoms with Crippen LogP contribution in [-0.4, -0.2) is 48.9 Å². The van der Waals surface area contributed by atoms with E-state index in [1.54, 1.807) is 30.1 Å². The number of hydrogen-bond acceptors (Lipinski definition) is 6. The van der Waals surface area contributed by atoms with Crippen LogP contribution in [0.2, 0.25) is 5.02 Å². The van der Waals surface area contributed by atoms with E-state index < -0.39 is 9.84 Å². The minimum atomic E-state index is -3.01. The second-order valence-corrected chi connectivity index (χ2v) is 8.99. The van der Waals surface area contributed by atoms with Gasteiger partial charge in [0.15, 0.2) is 9.84 Å². The summed E-state index contributed by atoms with van der Waals surface area (Å²) in [6.07, 6.45) is 2.02. The van der Waals surface area contributed by atoms with Crippen LogP contribution in [0, 0.1) is 6.92 Å². The third-order valence-corrected chi connectivity index (χ3v) is 6.37. The summed E-state index contributed by atoms with van der Waals surface area (Å²) >= 11 is 5.93. The van der Waals surface area contributed by atoms with Crippen molar-refractivity contribution >= 4 is 39.0 Å². The van der Waals surface area contributed by atoms with Crippen molar-refractivity contribution in [2.45, 2.75) is 19.4 Å². The van der Waals surface area contributed by atoms with Crippen LogP contribution < -0.4 is 10.2 Å². The van der Waals surface area contributed by atoms with Crippen molar-refractivity contribution in [3.05, 3.63) is 46.7 Å². The quantitative estimate of drug-likeness (QED) is 0.855. The van der Waals surface area contributed by atoms with Crippen molar-refractivity contribution in [1.29, 1.82) is 0 Å². The molecule has 0 saturated carbocycles. The van der Waals surface area contributed by atoms with Crippen LogP contribution in [0.3, 0.4) is 0 Å². The van der Waals surface area contributed by atoms with Crippen LogP contribution in [0.4, 0.5) is 11.6 Å². The number of aromatic nitrogens is 2. The number of sulfone groups is 1. The molecule has 1 atom stereocenters. The summed E-state index contributed by atoms with van der Waals surface area (Å²) in [5, 5.41) is 3.40. The Kier molecular flexibility index (Phi) is 5.15. The number of carbonyl (C=O) groups excluding carboxylic acids is 1. The lowest BCUT2D eigenvalue weighted by Gasteiger charge is -2.23. The van der Waals surface area contributed by atoms with Crippen LogP contribution in [0.15, 0.2) is 30.5 Å². The minimum Gasteiger partial charge on any atom is -0.340 e. The van der Waals surface area contributed by atoms with Crippen molar-refractivity contribution < 1.29 is 13.2 Å². The van der Waals surface area contributed by atoms with Crippen molar-refractivity contribution in [3.63, 3.8) is 0 Å². The molecule has 0 spiro atoms. The van der Waals surface area contributed by atoms with Crippen LogP contribution in [0.5, 0.6) is 0 Å². The molecule has 1 saturated heterocycles. The molecular weight excluding hydrogens is 376 g/mol. The van der Waals surface area contributed by atoms with Crippen molar-refractivity contribution in [3.8, 4) is 0 Å². The molecule has 0 radical (unpaired) electrons. The smallest absolute Gasteiger partial charge is 0.274 e. The van der Waals surface area contributed by atoms with E-state index >= 15 is 0 Å². The first-order valence-corrected chi connectivity index (χ1v) is 10.3. The number of carbonyl (C=O) groups is 1. The van der Waals surface area contributed by atoms with Gasteiger partial charge >= 0.3 is 0 Å². The number of anilines is 2. The van der Waals surface area contributed by atoms with E-state index in [1.807, 2.05) is 6.92 Å². The van der Waals surface area contributed by atoms with Gasteiger partial charge in [-0.15, -0.1) is 0 Å². The molecule has 7 nitrogen and oxygen atoms in total. The molecule has 2 heterocycles. The summed E-state index contributed by atoms with van der Waals surface area (Å²) in [6.45, 7) is 1.85. The molecule has 2 aromatic rings. The lowest BCUT2D eigenvalue weighted by molar-refractivity contribution is 0.102. The van der Waals surface area contributed by atoms with Gasteiger partial charge in [-0.1, -0.05) is 11.6 Å². The third-order valence-electron chi connectivity index (χ3n) is 4.38. The van der Waals surface area contributed by atoms with Gasteiger partial charge in [-0.05, 0) is 43.2 Å². The second-order valence-electron chi connectivity index (χ2n) is 6.32. The maximum atomic E-state index is 12.5. The molecule has 1 aliphatic heterocycles. The van der Waals surface area contributed by atoms with E-state index in [9.17, 15) is 13.2 Å². The Morgan fingerprint density at radius 1 is 1.35 bits per heavy atom. The fraction of sp³-hybridized carbons (Fsp3) is 0.353. The third kappa shape index (κ3) is 4.13. The second kappa shape index (κ2) is 7.20. The Balaban J connectivity index is 1.77. The highest BCUT2D eigenvalue weighted by molar-refractivity contribution is 7.91. The van der Waals surface area contributed by atoms with Crippen LogP contribution in [0.25, 0.3) is 0 Å². The predicted molar refractivity (Wildman–Crippen MR) is 102 cm³/mol. The molecule has 1 fully saturated rings. The summed E-state index contributed by atoms with van der Waals surface area (Å²) in [4.78, 5) is 22.7. The molecule has 1 unspecified atom stereocenters. The normalized spacial score (nSPS) is 18.5. The van der Waals surface area contributed by atoms with E-state index in [0.29, 0.717) is 23.1 Å². The monoisotopic (exact) mass is 394 g/mol. The first kappa shape index (κ1) is 18.6. The van der Waals surface area contributed by atoms with Gasteiger partial charge in [-0.3, -0.25) is 4.79 Å². The van der Waals surface area contributed by atoms with E-state index in [1.165, 1.54) is 12.3 Å². The number of rotatable bonds is 4. The zero-order valence-electron chi connectivity index (χ0n) is 14.4. The van der Waals surface area contributed by atoms with Gasteiger partial charge in [0.2, 0.25) is 5.95 Å². The number of nitrogens with one attached hydrogen (secondary N) is 1. The van der Waals surface area contributed by atoms with Crippen LogP contribution >= 0.6 is 11.6 Å². The lowest BCUT2D eigenvalue weighted by atomic mass is 10.2. The molecular formula is C17H19ClN4O3S. The highest BCUT2D eigenvalue weighted by atomic mass is 35.5. The highest BCUT2D eigenvalue weighted by Crippen LogP contribution is 2.22. The van der Waals surface area contributed by atoms with Gasteiger partial charge in [0.05, 0.1) is 11.5 Å². The van der Waals surface area contributed by atoms with Crippen molar-refractivity contribution in [2.75, 3.05) is 28.8 Å². The average molecular weight is 395 g/mol. The first-order valence-electron chi connectivity index (χ1n) is 8.09. The Morgan fingerprint density at radius 2 is 2.12 bits per heavy atom. The molecule has 0 aliphatic carbocycles. The molecule has 0 bridgehead atoms. The van der Waals surface area contributed by atoms with E-state index in [-0.39, 0.29) is 29.1 Å². The summed E-state index contributed by atoms with van der Waals surface area (Å²) in [5.74, 6) is 0.199. The summed E-state index contributed by atoms with van der Waals surface area (Å²) in [6, 6.07) is 6.52. The molecule has 1 N–H and O–H groups in total. The largest absolute Gasteiger partial charge is 0.340 e. The van der Waals surface area contributed by atoms with Crippen LogP contribution in [0.1, 0.15) is 22.5 Å². The average Bonchev–Trinajstić information content (AvgIpc) is 2.96. The topological polar surface area (TPSA) is 92.3 Å².